The summed E-state index contributed by atoms with van der Waals surface area (Å²) in [7, 11) is 5.74. The van der Waals surface area contributed by atoms with E-state index < -0.39 is 0 Å². The molecule has 2 aromatic rings. The Labute approximate surface area is 124 Å². The van der Waals surface area contributed by atoms with Crippen LogP contribution >= 0.6 is 0 Å². The van der Waals surface area contributed by atoms with Crippen molar-refractivity contribution >= 4 is 0 Å². The molecule has 0 bridgehead atoms. The third-order valence-electron chi connectivity index (χ3n) is 3.23. The van der Waals surface area contributed by atoms with E-state index in [4.69, 9.17) is 4.74 Å². The molecule has 2 aromatic heterocycles. The minimum Gasteiger partial charge on any atom is -0.493 e. The Morgan fingerprint density at radius 3 is 2.81 bits per heavy atom. The number of nitrogens with zero attached hydrogens (tertiary/aromatic N) is 5. The molecule has 0 aliphatic heterocycles. The predicted octanol–water partition coefficient (Wildman–Crippen LogP) is 0.270. The summed E-state index contributed by atoms with van der Waals surface area (Å²) in [4.78, 5) is 2.12. The SMILES string of the molecule is CCNC(c1cn[nH]n1)c1c(OC)cnn1CCN(C)C. The van der Waals surface area contributed by atoms with Crippen LogP contribution in [0.25, 0.3) is 0 Å². The summed E-state index contributed by atoms with van der Waals surface area (Å²) in [6, 6.07) is -0.103. The highest BCUT2D eigenvalue weighted by atomic mass is 16.5. The Kier molecular flexibility index (Phi) is 5.29. The smallest absolute Gasteiger partial charge is 0.161 e. The fourth-order valence-corrected chi connectivity index (χ4v) is 2.19. The zero-order valence-corrected chi connectivity index (χ0v) is 13.0. The summed E-state index contributed by atoms with van der Waals surface area (Å²) in [5, 5.41) is 18.6. The molecule has 0 saturated heterocycles. The lowest BCUT2D eigenvalue weighted by atomic mass is 10.1. The fourth-order valence-electron chi connectivity index (χ4n) is 2.19. The first-order valence-electron chi connectivity index (χ1n) is 7.00. The number of rotatable bonds is 8. The van der Waals surface area contributed by atoms with Gasteiger partial charge in [0.25, 0.3) is 0 Å². The number of ether oxygens (including phenoxy) is 1. The van der Waals surface area contributed by atoms with E-state index in [-0.39, 0.29) is 6.04 Å². The quantitative estimate of drug-likeness (QED) is 0.727. The highest BCUT2D eigenvalue weighted by Gasteiger charge is 2.25. The van der Waals surface area contributed by atoms with Crippen molar-refractivity contribution in [2.75, 3.05) is 34.3 Å². The van der Waals surface area contributed by atoms with Crippen molar-refractivity contribution in [3.63, 3.8) is 0 Å². The van der Waals surface area contributed by atoms with Crippen LogP contribution in [0.5, 0.6) is 5.75 Å². The maximum atomic E-state index is 5.46. The van der Waals surface area contributed by atoms with E-state index >= 15 is 0 Å². The van der Waals surface area contributed by atoms with Crippen molar-refractivity contribution in [1.29, 1.82) is 0 Å². The van der Waals surface area contributed by atoms with Crippen LogP contribution in [-0.4, -0.2) is 64.4 Å². The second-order valence-electron chi connectivity index (χ2n) is 5.01. The van der Waals surface area contributed by atoms with Crippen LogP contribution in [0.2, 0.25) is 0 Å². The predicted molar refractivity (Wildman–Crippen MR) is 79.2 cm³/mol. The standard InChI is InChI=1S/C13H23N7O/c1-5-14-12(10-8-15-18-17-10)13-11(21-4)9-16-20(13)7-6-19(2)3/h8-9,12,14H,5-7H2,1-4H3,(H,15,17,18). The van der Waals surface area contributed by atoms with Crippen molar-refractivity contribution in [3.05, 3.63) is 23.8 Å². The van der Waals surface area contributed by atoms with Gasteiger partial charge in [-0.2, -0.15) is 20.5 Å². The van der Waals surface area contributed by atoms with Gasteiger partial charge in [-0.05, 0) is 20.6 Å². The molecule has 0 amide bonds. The summed E-state index contributed by atoms with van der Waals surface area (Å²) < 4.78 is 7.42. The number of H-pyrrole nitrogens is 1. The Morgan fingerprint density at radius 2 is 2.24 bits per heavy atom. The molecular weight excluding hydrogens is 270 g/mol. The van der Waals surface area contributed by atoms with Gasteiger partial charge in [-0.3, -0.25) is 4.68 Å². The van der Waals surface area contributed by atoms with Crippen molar-refractivity contribution in [1.82, 2.24) is 35.4 Å². The van der Waals surface area contributed by atoms with Gasteiger partial charge in [-0.1, -0.05) is 6.92 Å². The van der Waals surface area contributed by atoms with Crippen molar-refractivity contribution < 1.29 is 4.74 Å². The van der Waals surface area contributed by atoms with Crippen molar-refractivity contribution in [2.45, 2.75) is 19.5 Å². The number of likely N-dealkylation sites (N-methyl/N-ethyl adjacent to an activating group) is 1. The van der Waals surface area contributed by atoms with E-state index in [1.54, 1.807) is 19.5 Å². The molecule has 0 fully saturated rings. The number of hydrogen-bond donors (Lipinski definition) is 2. The topological polar surface area (TPSA) is 83.9 Å². The van der Waals surface area contributed by atoms with Crippen molar-refractivity contribution in [2.24, 2.45) is 0 Å². The maximum Gasteiger partial charge on any atom is 0.161 e. The van der Waals surface area contributed by atoms with E-state index in [0.29, 0.717) is 0 Å². The molecule has 21 heavy (non-hydrogen) atoms. The number of aromatic nitrogens is 5. The minimum absolute atomic E-state index is 0.103. The molecule has 0 aromatic carbocycles. The molecule has 2 rings (SSSR count). The van der Waals surface area contributed by atoms with Crippen molar-refractivity contribution in [3.8, 4) is 5.75 Å². The molecule has 0 spiro atoms. The number of methoxy groups -OCH3 is 1. The highest BCUT2D eigenvalue weighted by Crippen LogP contribution is 2.28. The molecule has 2 N–H and O–H groups in total. The summed E-state index contributed by atoms with van der Waals surface area (Å²) >= 11 is 0. The first-order chi connectivity index (χ1) is 10.2. The normalized spacial score (nSPS) is 12.8. The third kappa shape index (κ3) is 3.59. The molecule has 116 valence electrons. The van der Waals surface area contributed by atoms with E-state index in [2.05, 4.69) is 37.6 Å². The summed E-state index contributed by atoms with van der Waals surface area (Å²) in [6.07, 6.45) is 3.46. The average molecular weight is 293 g/mol. The summed E-state index contributed by atoms with van der Waals surface area (Å²) in [5.41, 5.74) is 1.79. The monoisotopic (exact) mass is 293 g/mol. The minimum atomic E-state index is -0.103. The summed E-state index contributed by atoms with van der Waals surface area (Å²) in [6.45, 7) is 4.54. The van der Waals surface area contributed by atoms with E-state index in [9.17, 15) is 0 Å². The molecule has 0 radical (unpaired) electrons. The molecule has 0 aliphatic carbocycles. The van der Waals surface area contributed by atoms with Crippen LogP contribution < -0.4 is 10.1 Å². The second kappa shape index (κ2) is 7.19. The highest BCUT2D eigenvalue weighted by molar-refractivity contribution is 5.33. The lowest BCUT2D eigenvalue weighted by Crippen LogP contribution is -2.27. The number of nitrogens with one attached hydrogen (secondary N) is 2. The third-order valence-corrected chi connectivity index (χ3v) is 3.23. The lowest BCUT2D eigenvalue weighted by molar-refractivity contribution is 0.359. The molecule has 8 nitrogen and oxygen atoms in total. The van der Waals surface area contributed by atoms with Crippen LogP contribution in [0.15, 0.2) is 12.4 Å². The molecule has 0 aliphatic rings. The average Bonchev–Trinajstić information content (AvgIpc) is 3.11. The van der Waals surface area contributed by atoms with Gasteiger partial charge >= 0.3 is 0 Å². The van der Waals surface area contributed by atoms with Gasteiger partial charge in [-0.25, -0.2) is 0 Å². The van der Waals surface area contributed by atoms with Crippen LogP contribution in [0.4, 0.5) is 0 Å². The lowest BCUT2D eigenvalue weighted by Gasteiger charge is -2.19. The van der Waals surface area contributed by atoms with E-state index in [1.165, 1.54) is 0 Å². The Hall–Kier alpha value is -1.93. The Bertz CT molecular complexity index is 535. The number of hydrogen-bond acceptors (Lipinski definition) is 6. The largest absolute Gasteiger partial charge is 0.493 e. The first-order valence-corrected chi connectivity index (χ1v) is 7.00. The van der Waals surface area contributed by atoms with Gasteiger partial charge in [0, 0.05) is 6.54 Å². The fraction of sp³-hybridized carbons (Fsp3) is 0.615. The Morgan fingerprint density at radius 1 is 1.43 bits per heavy atom. The van der Waals surface area contributed by atoms with Gasteiger partial charge in [0.15, 0.2) is 5.75 Å². The van der Waals surface area contributed by atoms with Crippen LogP contribution in [0.3, 0.4) is 0 Å². The number of aromatic amines is 1. The molecule has 1 atom stereocenters. The molecular formula is C13H23N7O. The van der Waals surface area contributed by atoms with Crippen LogP contribution in [-0.2, 0) is 6.54 Å². The van der Waals surface area contributed by atoms with Gasteiger partial charge < -0.3 is 15.0 Å². The molecule has 0 saturated carbocycles. The van der Waals surface area contributed by atoms with Gasteiger partial charge in [0.1, 0.15) is 11.4 Å². The molecule has 1 unspecified atom stereocenters. The molecule has 2 heterocycles. The van der Waals surface area contributed by atoms with E-state index in [1.807, 2.05) is 18.8 Å². The van der Waals surface area contributed by atoms with Gasteiger partial charge in [0.2, 0.25) is 0 Å². The zero-order chi connectivity index (χ0) is 15.2. The van der Waals surface area contributed by atoms with Crippen LogP contribution in [0.1, 0.15) is 24.4 Å². The molecule has 8 heteroatoms. The second-order valence-corrected chi connectivity index (χ2v) is 5.01. The van der Waals surface area contributed by atoms with Gasteiger partial charge in [0.05, 0.1) is 32.1 Å². The summed E-state index contributed by atoms with van der Waals surface area (Å²) in [5.74, 6) is 0.753. The maximum absolute atomic E-state index is 5.46. The Balaban J connectivity index is 2.35. The van der Waals surface area contributed by atoms with E-state index in [0.717, 1.165) is 36.8 Å². The first kappa shape index (κ1) is 15.5. The van der Waals surface area contributed by atoms with Gasteiger partial charge in [-0.15, -0.1) is 0 Å². The zero-order valence-electron chi connectivity index (χ0n) is 13.0. The van der Waals surface area contributed by atoms with Crippen LogP contribution in [0, 0.1) is 0 Å².